The molecule has 2 heteroatoms. The number of hydrogen-bond donors (Lipinski definition) is 2. The van der Waals surface area contributed by atoms with Crippen LogP contribution < -0.4 is 0 Å². The monoisotopic (exact) mass is 206 g/mol. The number of phenolic OH excluding ortho intramolecular Hbond substituents is 2. The van der Waals surface area contributed by atoms with E-state index in [-0.39, 0.29) is 0 Å². The first kappa shape index (κ1) is 10.3. The molecule has 2 N–H and O–H groups in total. The van der Waals surface area contributed by atoms with Gasteiger partial charge in [0, 0.05) is 5.56 Å². The summed E-state index contributed by atoms with van der Waals surface area (Å²) in [5.41, 5.74) is 1.67. The standard InChI is InChI=1S/C13H18O2/c1-9-7-13(15)11(8-12(9)14)10-5-3-2-4-6-10/h7-8,10,14-15H,2-6H2,1H3. The van der Waals surface area contributed by atoms with Gasteiger partial charge < -0.3 is 10.2 Å². The smallest absolute Gasteiger partial charge is 0.119 e. The Hall–Kier alpha value is -1.18. The van der Waals surface area contributed by atoms with Gasteiger partial charge in [-0.3, -0.25) is 0 Å². The van der Waals surface area contributed by atoms with Crippen LogP contribution in [0.25, 0.3) is 0 Å². The van der Waals surface area contributed by atoms with Crippen molar-refractivity contribution in [1.29, 1.82) is 0 Å². The van der Waals surface area contributed by atoms with Crippen molar-refractivity contribution in [2.45, 2.75) is 44.9 Å². The van der Waals surface area contributed by atoms with Crippen LogP contribution in [0.15, 0.2) is 12.1 Å². The molecule has 0 unspecified atom stereocenters. The maximum absolute atomic E-state index is 9.86. The molecule has 0 radical (unpaired) electrons. The molecular formula is C13H18O2. The van der Waals surface area contributed by atoms with Gasteiger partial charge in [0.25, 0.3) is 0 Å². The van der Waals surface area contributed by atoms with Crippen LogP contribution >= 0.6 is 0 Å². The van der Waals surface area contributed by atoms with Gasteiger partial charge in [-0.2, -0.15) is 0 Å². The quantitative estimate of drug-likeness (QED) is 0.691. The predicted octanol–water partition coefficient (Wildman–Crippen LogP) is 3.45. The van der Waals surface area contributed by atoms with Crippen LogP contribution in [0.5, 0.6) is 11.5 Å². The maximum Gasteiger partial charge on any atom is 0.119 e. The molecule has 0 amide bonds. The van der Waals surface area contributed by atoms with Gasteiger partial charge in [-0.1, -0.05) is 19.3 Å². The molecule has 0 aromatic heterocycles. The minimum Gasteiger partial charge on any atom is -0.508 e. The lowest BCUT2D eigenvalue weighted by Crippen LogP contribution is -2.04. The summed E-state index contributed by atoms with van der Waals surface area (Å²) in [6.45, 7) is 1.81. The van der Waals surface area contributed by atoms with Crippen LogP contribution in [0.1, 0.15) is 49.1 Å². The van der Waals surface area contributed by atoms with Crippen LogP contribution in [0, 0.1) is 6.92 Å². The molecule has 15 heavy (non-hydrogen) atoms. The number of aromatic hydroxyl groups is 2. The highest BCUT2D eigenvalue weighted by atomic mass is 16.3. The zero-order valence-corrected chi connectivity index (χ0v) is 9.16. The van der Waals surface area contributed by atoms with Crippen molar-refractivity contribution in [3.05, 3.63) is 23.3 Å². The minimum atomic E-state index is 0.299. The molecule has 1 aliphatic rings. The molecule has 1 saturated carbocycles. The Labute approximate surface area is 90.6 Å². The van der Waals surface area contributed by atoms with Crippen LogP contribution in [0.4, 0.5) is 0 Å². The van der Waals surface area contributed by atoms with Gasteiger partial charge in [0.1, 0.15) is 11.5 Å². The van der Waals surface area contributed by atoms with Gasteiger partial charge in [0.2, 0.25) is 0 Å². The predicted molar refractivity (Wildman–Crippen MR) is 60.3 cm³/mol. The zero-order valence-electron chi connectivity index (χ0n) is 9.16. The Bertz CT molecular complexity index is 352. The third kappa shape index (κ3) is 2.09. The number of benzene rings is 1. The van der Waals surface area contributed by atoms with Crippen molar-refractivity contribution in [3.63, 3.8) is 0 Å². The summed E-state index contributed by atoms with van der Waals surface area (Å²) >= 11 is 0. The molecule has 2 nitrogen and oxygen atoms in total. The normalized spacial score (nSPS) is 17.9. The van der Waals surface area contributed by atoms with Crippen molar-refractivity contribution in [2.75, 3.05) is 0 Å². The third-order valence-electron chi connectivity index (χ3n) is 3.39. The minimum absolute atomic E-state index is 0.299. The van der Waals surface area contributed by atoms with E-state index in [2.05, 4.69) is 0 Å². The number of rotatable bonds is 1. The average molecular weight is 206 g/mol. The van der Waals surface area contributed by atoms with Gasteiger partial charge in [0.15, 0.2) is 0 Å². The molecule has 2 rings (SSSR count). The highest BCUT2D eigenvalue weighted by Gasteiger charge is 2.19. The van der Waals surface area contributed by atoms with Gasteiger partial charge >= 0.3 is 0 Å². The summed E-state index contributed by atoms with van der Waals surface area (Å²) < 4.78 is 0. The highest BCUT2D eigenvalue weighted by Crippen LogP contribution is 2.39. The summed E-state index contributed by atoms with van der Waals surface area (Å²) in [6.07, 6.45) is 6.04. The van der Waals surface area contributed by atoms with E-state index in [9.17, 15) is 10.2 Å². The first-order valence-electron chi connectivity index (χ1n) is 5.71. The van der Waals surface area contributed by atoms with E-state index in [1.807, 2.05) is 0 Å². The summed E-state index contributed by atoms with van der Waals surface area (Å²) in [5, 5.41) is 19.5. The first-order valence-corrected chi connectivity index (χ1v) is 5.71. The van der Waals surface area contributed by atoms with E-state index in [1.54, 1.807) is 19.1 Å². The summed E-state index contributed by atoms with van der Waals surface area (Å²) in [6, 6.07) is 3.40. The van der Waals surface area contributed by atoms with Crippen molar-refractivity contribution in [2.24, 2.45) is 0 Å². The van der Waals surface area contributed by atoms with E-state index in [4.69, 9.17) is 0 Å². The Morgan fingerprint density at radius 3 is 2.33 bits per heavy atom. The van der Waals surface area contributed by atoms with E-state index < -0.39 is 0 Å². The van der Waals surface area contributed by atoms with Crippen LogP contribution in [0.3, 0.4) is 0 Å². The van der Waals surface area contributed by atoms with E-state index in [1.165, 1.54) is 19.3 Å². The molecule has 1 aliphatic carbocycles. The largest absolute Gasteiger partial charge is 0.508 e. The van der Waals surface area contributed by atoms with Crippen molar-refractivity contribution in [3.8, 4) is 11.5 Å². The average Bonchev–Trinajstić information content (AvgIpc) is 2.25. The Balaban J connectivity index is 2.30. The highest BCUT2D eigenvalue weighted by molar-refractivity contribution is 5.46. The molecule has 82 valence electrons. The second-order valence-electron chi connectivity index (χ2n) is 4.53. The fourth-order valence-corrected chi connectivity index (χ4v) is 2.44. The van der Waals surface area contributed by atoms with E-state index in [0.717, 1.165) is 24.0 Å². The second kappa shape index (κ2) is 4.13. The molecule has 0 saturated heterocycles. The number of phenols is 2. The molecular weight excluding hydrogens is 188 g/mol. The Morgan fingerprint density at radius 2 is 1.67 bits per heavy atom. The molecule has 0 heterocycles. The van der Waals surface area contributed by atoms with Crippen molar-refractivity contribution in [1.82, 2.24) is 0 Å². The van der Waals surface area contributed by atoms with Crippen molar-refractivity contribution < 1.29 is 10.2 Å². The first-order chi connectivity index (χ1) is 7.18. The SMILES string of the molecule is Cc1cc(O)c(C2CCCCC2)cc1O. The van der Waals surface area contributed by atoms with E-state index >= 15 is 0 Å². The zero-order chi connectivity index (χ0) is 10.8. The molecule has 0 aliphatic heterocycles. The topological polar surface area (TPSA) is 40.5 Å². The lowest BCUT2D eigenvalue weighted by Gasteiger charge is -2.23. The summed E-state index contributed by atoms with van der Waals surface area (Å²) in [7, 11) is 0. The molecule has 1 fully saturated rings. The maximum atomic E-state index is 9.86. The van der Waals surface area contributed by atoms with Crippen LogP contribution in [0.2, 0.25) is 0 Å². The van der Waals surface area contributed by atoms with Gasteiger partial charge in [0.05, 0.1) is 0 Å². The molecule has 0 atom stereocenters. The summed E-state index contributed by atoms with van der Waals surface area (Å²) in [5.74, 6) is 1.08. The molecule has 1 aromatic carbocycles. The Morgan fingerprint density at radius 1 is 1.00 bits per heavy atom. The summed E-state index contributed by atoms with van der Waals surface area (Å²) in [4.78, 5) is 0. The van der Waals surface area contributed by atoms with Crippen LogP contribution in [-0.4, -0.2) is 10.2 Å². The number of aryl methyl sites for hydroxylation is 1. The van der Waals surface area contributed by atoms with Gasteiger partial charge in [-0.25, -0.2) is 0 Å². The van der Waals surface area contributed by atoms with Gasteiger partial charge in [-0.05, 0) is 43.4 Å². The van der Waals surface area contributed by atoms with E-state index in [0.29, 0.717) is 17.4 Å². The van der Waals surface area contributed by atoms with Crippen LogP contribution in [-0.2, 0) is 0 Å². The molecule has 0 bridgehead atoms. The third-order valence-corrected chi connectivity index (χ3v) is 3.39. The fourth-order valence-electron chi connectivity index (χ4n) is 2.44. The second-order valence-corrected chi connectivity index (χ2v) is 4.53. The lowest BCUT2D eigenvalue weighted by atomic mass is 9.83. The fraction of sp³-hybridized carbons (Fsp3) is 0.538. The number of hydrogen-bond acceptors (Lipinski definition) is 2. The molecule has 0 spiro atoms. The Kier molecular flexibility index (Phi) is 2.85. The molecule has 1 aromatic rings. The van der Waals surface area contributed by atoms with Crippen molar-refractivity contribution >= 4 is 0 Å². The van der Waals surface area contributed by atoms with Gasteiger partial charge in [-0.15, -0.1) is 0 Å². The lowest BCUT2D eigenvalue weighted by molar-refractivity contribution is 0.408.